The van der Waals surface area contributed by atoms with Crippen molar-refractivity contribution in [2.24, 2.45) is 0 Å². The Hall–Kier alpha value is -12.6. The smallest absolute Gasteiger partial charge is 0.256 e. The first kappa shape index (κ1) is 50.8. The fraction of sp³-hybridized carbons (Fsp3) is 0.118. The molecule has 4 aliphatic rings. The first-order valence-electron chi connectivity index (χ1n) is 44.9. The SMILES string of the molecule is [2H]c1c([2H])c([2H])c2c(c1[2H])Oc1c3c(c([2H])c4c1B2c1cccc2c5ccccc5n-4c12)N(c1c(-c2ccccc2)cc(C(C)(C)C)cc1-c1ccccc1)c1cc(C(C)(C)C)cc2c1B3c1c([2H])c([2H])c(-n3c4c([2H])c([2H])c([2H])c([2H])c4c4c([2H])c(-c5ccccc5)c([2H])c([2H])c43)c([2H])c1N2c1c(-c2ccccc2)cc(C(C)(C)C)cc1-c1ccccc1. The minimum atomic E-state index is -1.41. The van der Waals surface area contributed by atoms with E-state index in [2.05, 4.69) is 143 Å². The Bertz CT molecular complexity index is 7470. The Balaban J connectivity index is 1.04. The number of anilines is 6. The van der Waals surface area contributed by atoms with Gasteiger partial charge in [0.2, 0.25) is 0 Å². The predicted octanol–water partition coefficient (Wildman–Crippen LogP) is 23.1. The highest BCUT2D eigenvalue weighted by Gasteiger charge is 2.52. The van der Waals surface area contributed by atoms with Crippen LogP contribution in [0.25, 0.3) is 111 Å². The van der Waals surface area contributed by atoms with E-state index in [4.69, 9.17) is 4.74 Å². The Morgan fingerprint density at radius 2 is 0.798 bits per heavy atom. The summed E-state index contributed by atoms with van der Waals surface area (Å²) < 4.78 is 169. The zero-order valence-corrected chi connectivity index (χ0v) is 61.8. The molecule has 6 heterocycles. The summed E-state index contributed by atoms with van der Waals surface area (Å²) in [6, 6.07) is 69.2. The first-order chi connectivity index (χ1) is 59.3. The average Bonchev–Trinajstić information content (AvgIpc) is 0.996. The van der Waals surface area contributed by atoms with Crippen LogP contribution in [-0.2, 0) is 16.2 Å². The van der Waals surface area contributed by atoms with Gasteiger partial charge in [0.1, 0.15) is 11.5 Å². The number of nitrogens with zero attached hydrogens (tertiary/aromatic N) is 4. The van der Waals surface area contributed by atoms with Crippen LogP contribution in [-0.4, -0.2) is 22.6 Å². The van der Waals surface area contributed by atoms with Crippen LogP contribution in [0.2, 0.25) is 0 Å². The highest BCUT2D eigenvalue weighted by atomic mass is 16.5. The van der Waals surface area contributed by atoms with Crippen molar-refractivity contribution in [2.45, 2.75) is 78.6 Å². The van der Waals surface area contributed by atoms with Gasteiger partial charge in [-0.3, -0.25) is 0 Å². The van der Waals surface area contributed by atoms with Crippen LogP contribution in [0.5, 0.6) is 11.5 Å². The molecule has 0 unspecified atom stereocenters. The fourth-order valence-electron chi connectivity index (χ4n) is 17.5. The molecule has 0 saturated heterocycles. The van der Waals surface area contributed by atoms with Gasteiger partial charge in [-0.2, -0.15) is 0 Å². The molecule has 0 atom stereocenters. The minimum Gasteiger partial charge on any atom is -0.459 e. The third-order valence-corrected chi connectivity index (χ3v) is 22.7. The van der Waals surface area contributed by atoms with Crippen molar-refractivity contribution < 1.29 is 25.3 Å². The second kappa shape index (κ2) is 24.0. The summed E-state index contributed by atoms with van der Waals surface area (Å²) in [4.78, 5) is 4.28. The van der Waals surface area contributed by atoms with Gasteiger partial charge in [-0.05, 0) is 184 Å². The second-order valence-electron chi connectivity index (χ2n) is 32.3. The summed E-state index contributed by atoms with van der Waals surface area (Å²) in [6.07, 6.45) is 0. The molecule has 109 heavy (non-hydrogen) atoms. The highest BCUT2D eigenvalue weighted by Crippen LogP contribution is 2.57. The lowest BCUT2D eigenvalue weighted by Gasteiger charge is -2.48. The molecule has 0 saturated carbocycles. The molecular weight excluding hydrogens is 1320 g/mol. The van der Waals surface area contributed by atoms with E-state index < -0.39 is 108 Å². The van der Waals surface area contributed by atoms with E-state index in [1.165, 1.54) is 4.57 Å². The largest absolute Gasteiger partial charge is 0.459 e. The molecule has 0 radical (unpaired) electrons. The van der Waals surface area contributed by atoms with Crippen molar-refractivity contribution in [3.63, 3.8) is 0 Å². The second-order valence-corrected chi connectivity index (χ2v) is 32.3. The standard InChI is InChI=1S/C102H80B2N4O/c1-100(2,3)69-55-76(64-34-17-11-18-35-64)96(77(56-69)65-36-19-12-20-37-65)107-87-61-72(105-84-47-28-26-43-74(84)80-54-68(50-53-86(80)105)63-32-15-10-16-33-63)51-52-81(87)104-93-88(107)59-71(102(7,8)9)60-89(93)108(97-78(66-38-21-13-22-39-66)57-70(101(4,5)6)58-79(97)67-40-23-14-24-41-67)91-62-90-94-99(95(91)104)109-92-49-30-27-45-82(92)103(94)83-46-31-44-75-73-42-25-29-48-85(73)106(90)98(75)83/h10-62H,1-9H3/i26D,27D,28D,30D,43D,45D,47D,49D,50D,51D,52D,53D,54D,61D,62D. The van der Waals surface area contributed by atoms with E-state index in [9.17, 15) is 20.6 Å². The fourth-order valence-corrected chi connectivity index (χ4v) is 17.5. The topological polar surface area (TPSA) is 25.6 Å². The van der Waals surface area contributed by atoms with Crippen LogP contribution in [0.1, 0.15) is 99.6 Å². The normalized spacial score (nSPS) is 15.3. The molecule has 0 amide bonds. The molecule has 0 aliphatic carbocycles. The third-order valence-electron chi connectivity index (χ3n) is 22.7. The number of rotatable bonds is 8. The van der Waals surface area contributed by atoms with Gasteiger partial charge in [0.15, 0.2) is 0 Å². The van der Waals surface area contributed by atoms with Crippen molar-refractivity contribution in [1.82, 2.24) is 9.13 Å². The monoisotopic (exact) mass is 1410 g/mol. The van der Waals surface area contributed by atoms with E-state index in [1.54, 1.807) is 30.3 Å². The lowest BCUT2D eigenvalue weighted by Crippen LogP contribution is -2.65. The summed E-state index contributed by atoms with van der Waals surface area (Å²) in [5.41, 5.74) is 13.1. The molecule has 0 fully saturated rings. The van der Waals surface area contributed by atoms with Crippen LogP contribution in [0.4, 0.5) is 34.1 Å². The van der Waals surface area contributed by atoms with Gasteiger partial charge in [-0.1, -0.05) is 299 Å². The highest BCUT2D eigenvalue weighted by molar-refractivity contribution is 7.03. The van der Waals surface area contributed by atoms with Crippen LogP contribution < -0.4 is 47.3 Å². The molecule has 0 bridgehead atoms. The van der Waals surface area contributed by atoms with Gasteiger partial charge >= 0.3 is 0 Å². The maximum absolute atomic E-state index is 12.3. The lowest BCUT2D eigenvalue weighted by molar-refractivity contribution is 0.491. The molecule has 0 spiro atoms. The molecule has 2 aromatic heterocycles. The van der Waals surface area contributed by atoms with Crippen LogP contribution in [0.15, 0.2) is 321 Å². The van der Waals surface area contributed by atoms with E-state index >= 15 is 0 Å². The Morgan fingerprint density at radius 3 is 1.38 bits per heavy atom. The van der Waals surface area contributed by atoms with Crippen LogP contribution >= 0.6 is 0 Å². The van der Waals surface area contributed by atoms with Gasteiger partial charge in [-0.15, -0.1) is 0 Å². The van der Waals surface area contributed by atoms with E-state index in [1.807, 2.05) is 133 Å². The number of aromatic nitrogens is 2. The number of ether oxygens (including phenoxy) is 1. The summed E-state index contributed by atoms with van der Waals surface area (Å²) in [7, 11) is 0. The number of fused-ring (bicyclic) bond motifs is 15. The maximum Gasteiger partial charge on any atom is 0.256 e. The molecular formula is C102H80B2N4O. The number of para-hydroxylation sites is 4. The van der Waals surface area contributed by atoms with Gasteiger partial charge < -0.3 is 23.7 Å². The van der Waals surface area contributed by atoms with Gasteiger partial charge in [-0.25, -0.2) is 0 Å². The average molecular weight is 1410 g/mol. The van der Waals surface area contributed by atoms with Gasteiger partial charge in [0.05, 0.1) is 48.5 Å². The van der Waals surface area contributed by atoms with Crippen LogP contribution in [0.3, 0.4) is 0 Å². The van der Waals surface area contributed by atoms with E-state index in [0.29, 0.717) is 61.5 Å². The Labute approximate surface area is 659 Å². The molecule has 4 aliphatic heterocycles. The summed E-state index contributed by atoms with van der Waals surface area (Å²) in [5, 5.41) is 1.39. The summed E-state index contributed by atoms with van der Waals surface area (Å²) >= 11 is 0. The van der Waals surface area contributed by atoms with E-state index in [-0.39, 0.29) is 84.8 Å². The molecule has 17 aromatic rings. The third kappa shape index (κ3) is 9.88. The molecule has 21 rings (SSSR count). The molecule has 0 N–H and O–H groups in total. The van der Waals surface area contributed by atoms with Gasteiger partial charge in [0.25, 0.3) is 13.4 Å². The predicted molar refractivity (Wildman–Crippen MR) is 464 cm³/mol. The van der Waals surface area contributed by atoms with Crippen molar-refractivity contribution in [2.75, 3.05) is 9.80 Å². The first-order valence-corrected chi connectivity index (χ1v) is 37.4. The zero-order valence-electron chi connectivity index (χ0n) is 76.8. The number of benzene rings is 15. The Kier molecular flexibility index (Phi) is 11.2. The quantitative estimate of drug-likeness (QED) is 0.142. The summed E-state index contributed by atoms with van der Waals surface area (Å²) in [5.74, 6) is -0.0336. The van der Waals surface area contributed by atoms with Gasteiger partial charge in [0, 0.05) is 83.4 Å². The van der Waals surface area contributed by atoms with Crippen molar-refractivity contribution in [3.8, 4) is 78.5 Å². The van der Waals surface area contributed by atoms with E-state index in [0.717, 1.165) is 71.9 Å². The van der Waals surface area contributed by atoms with Crippen molar-refractivity contribution in [3.05, 3.63) is 338 Å². The maximum atomic E-state index is 12.3. The minimum absolute atomic E-state index is 0.0160. The summed E-state index contributed by atoms with van der Waals surface area (Å²) in [6.45, 7) is 17.0. The van der Waals surface area contributed by atoms with Crippen molar-refractivity contribution >= 4 is 124 Å². The van der Waals surface area contributed by atoms with Crippen molar-refractivity contribution in [1.29, 1.82) is 0 Å². The molecule has 7 heteroatoms. The molecule has 15 aromatic carbocycles. The molecule has 5 nitrogen and oxygen atoms in total. The van der Waals surface area contributed by atoms with Crippen LogP contribution in [0, 0.1) is 0 Å². The number of hydrogen-bond donors (Lipinski definition) is 0. The zero-order chi connectivity index (χ0) is 86.6. The lowest BCUT2D eigenvalue weighted by atomic mass is 9.30. The number of hydrogen-bond acceptors (Lipinski definition) is 3. The molecule has 520 valence electrons. The Morgan fingerprint density at radius 1 is 0.312 bits per heavy atom.